The normalized spacial score (nSPS) is 14.6. The molecule has 10 heteroatoms. The van der Waals surface area contributed by atoms with E-state index < -0.39 is 11.7 Å². The molecule has 5 nitrogen and oxygen atoms in total. The summed E-state index contributed by atoms with van der Waals surface area (Å²) < 4.78 is 19.2. The highest BCUT2D eigenvalue weighted by Gasteiger charge is 2.33. The molecule has 0 unspecified atom stereocenters. The molecule has 0 spiro atoms. The Labute approximate surface area is 214 Å². The number of ether oxygens (including phenoxy) is 1. The van der Waals surface area contributed by atoms with E-state index in [1.165, 1.54) is 29.2 Å². The second kappa shape index (κ2) is 10.6. The number of hydrogen-bond acceptors (Lipinski definition) is 5. The Hall–Kier alpha value is -2.91. The molecule has 1 aliphatic rings. The van der Waals surface area contributed by atoms with Crippen molar-refractivity contribution in [1.82, 2.24) is 0 Å². The Balaban J connectivity index is 1.42. The van der Waals surface area contributed by atoms with Crippen LogP contribution in [0, 0.1) is 5.82 Å². The van der Waals surface area contributed by atoms with Crippen LogP contribution in [0.3, 0.4) is 0 Å². The van der Waals surface area contributed by atoms with Gasteiger partial charge in [-0.05, 0) is 60.2 Å². The molecule has 0 radical (unpaired) electrons. The molecule has 34 heavy (non-hydrogen) atoms. The van der Waals surface area contributed by atoms with Crippen LogP contribution in [-0.4, -0.2) is 22.7 Å². The summed E-state index contributed by atoms with van der Waals surface area (Å²) in [6.07, 6.45) is 1.68. The van der Waals surface area contributed by atoms with Gasteiger partial charge in [0.05, 0.1) is 26.3 Å². The number of hydrogen-bond donors (Lipinski definition) is 1. The van der Waals surface area contributed by atoms with Crippen LogP contribution in [0.4, 0.5) is 15.8 Å². The number of halogens is 3. The predicted octanol–water partition coefficient (Wildman–Crippen LogP) is 6.56. The first-order chi connectivity index (χ1) is 16.3. The van der Waals surface area contributed by atoms with Gasteiger partial charge in [-0.2, -0.15) is 0 Å². The second-order valence-corrected chi connectivity index (χ2v) is 9.47. The van der Waals surface area contributed by atoms with E-state index in [0.717, 1.165) is 11.8 Å². The molecule has 4 rings (SSSR count). The lowest BCUT2D eigenvalue weighted by atomic mass is 10.2. The predicted molar refractivity (Wildman–Crippen MR) is 139 cm³/mol. The fourth-order valence-electron chi connectivity index (χ4n) is 3.06. The van der Waals surface area contributed by atoms with E-state index in [0.29, 0.717) is 36.9 Å². The number of benzene rings is 3. The van der Waals surface area contributed by atoms with Gasteiger partial charge in [-0.3, -0.25) is 14.5 Å². The number of nitrogens with zero attached hydrogens (tertiary/aromatic N) is 1. The SMILES string of the molecule is O=C(COc1cccc(/C=C2\SC(=S)N(c3ccc(F)cc3)C2=O)c1)Nc1cccc(Cl)c1Cl. The summed E-state index contributed by atoms with van der Waals surface area (Å²) in [5, 5.41) is 3.22. The minimum absolute atomic E-state index is 0.248. The number of rotatable bonds is 6. The molecule has 0 aromatic heterocycles. The van der Waals surface area contributed by atoms with Gasteiger partial charge in [0.15, 0.2) is 10.9 Å². The third-order valence-electron chi connectivity index (χ3n) is 4.63. The second-order valence-electron chi connectivity index (χ2n) is 7.00. The van der Waals surface area contributed by atoms with E-state index in [2.05, 4.69) is 5.32 Å². The highest BCUT2D eigenvalue weighted by Crippen LogP contribution is 2.36. The summed E-state index contributed by atoms with van der Waals surface area (Å²) in [5.74, 6) is -0.665. The molecule has 172 valence electrons. The molecule has 1 saturated heterocycles. The largest absolute Gasteiger partial charge is 0.484 e. The molecular formula is C24H15Cl2FN2O3S2. The van der Waals surface area contributed by atoms with Crippen molar-refractivity contribution in [1.29, 1.82) is 0 Å². The van der Waals surface area contributed by atoms with Gasteiger partial charge in [0.25, 0.3) is 11.8 Å². The van der Waals surface area contributed by atoms with Crippen LogP contribution in [0.5, 0.6) is 5.75 Å². The van der Waals surface area contributed by atoms with Crippen LogP contribution in [0.15, 0.2) is 71.6 Å². The van der Waals surface area contributed by atoms with Crippen LogP contribution < -0.4 is 15.0 Å². The first-order valence-corrected chi connectivity index (χ1v) is 11.8. The molecule has 1 N–H and O–H groups in total. The minimum Gasteiger partial charge on any atom is -0.484 e. The molecule has 0 atom stereocenters. The van der Waals surface area contributed by atoms with Gasteiger partial charge < -0.3 is 10.1 Å². The zero-order chi connectivity index (χ0) is 24.2. The summed E-state index contributed by atoms with van der Waals surface area (Å²) in [5.41, 5.74) is 1.57. The number of anilines is 2. The van der Waals surface area contributed by atoms with Crippen LogP contribution in [0.2, 0.25) is 10.0 Å². The minimum atomic E-state index is -0.408. The smallest absolute Gasteiger partial charge is 0.270 e. The number of carbonyl (C=O) groups is 2. The Morgan fingerprint density at radius 1 is 1.12 bits per heavy atom. The van der Waals surface area contributed by atoms with Crippen molar-refractivity contribution in [3.05, 3.63) is 93.1 Å². The van der Waals surface area contributed by atoms with E-state index in [1.807, 2.05) is 0 Å². The maximum absolute atomic E-state index is 13.2. The number of carbonyl (C=O) groups excluding carboxylic acids is 2. The molecule has 0 saturated carbocycles. The maximum atomic E-state index is 13.2. The van der Waals surface area contributed by atoms with Gasteiger partial charge in [0, 0.05) is 0 Å². The molecule has 1 heterocycles. The quantitative estimate of drug-likeness (QED) is 0.288. The van der Waals surface area contributed by atoms with Crippen molar-refractivity contribution in [3.63, 3.8) is 0 Å². The van der Waals surface area contributed by atoms with Crippen LogP contribution in [0.25, 0.3) is 6.08 Å². The van der Waals surface area contributed by atoms with Crippen molar-refractivity contribution >= 4 is 80.8 Å². The van der Waals surface area contributed by atoms with Crippen LogP contribution in [0.1, 0.15) is 5.56 Å². The monoisotopic (exact) mass is 532 g/mol. The van der Waals surface area contributed by atoms with Crippen molar-refractivity contribution in [2.24, 2.45) is 0 Å². The maximum Gasteiger partial charge on any atom is 0.270 e. The molecular weight excluding hydrogens is 518 g/mol. The molecule has 1 aliphatic heterocycles. The molecule has 3 aromatic rings. The Morgan fingerprint density at radius 2 is 1.85 bits per heavy atom. The average molecular weight is 533 g/mol. The first kappa shape index (κ1) is 24.2. The van der Waals surface area contributed by atoms with E-state index in [4.69, 9.17) is 40.2 Å². The van der Waals surface area contributed by atoms with Gasteiger partial charge in [0.1, 0.15) is 11.6 Å². The molecule has 0 bridgehead atoms. The Morgan fingerprint density at radius 3 is 2.62 bits per heavy atom. The molecule has 2 amide bonds. The van der Waals surface area contributed by atoms with Crippen molar-refractivity contribution in [2.45, 2.75) is 0 Å². The fraction of sp³-hybridized carbons (Fsp3) is 0.0417. The summed E-state index contributed by atoms with van der Waals surface area (Å²) in [7, 11) is 0. The zero-order valence-corrected chi connectivity index (χ0v) is 20.4. The first-order valence-electron chi connectivity index (χ1n) is 9.82. The lowest BCUT2D eigenvalue weighted by Gasteiger charge is -2.14. The van der Waals surface area contributed by atoms with Gasteiger partial charge in [-0.15, -0.1) is 0 Å². The van der Waals surface area contributed by atoms with Gasteiger partial charge >= 0.3 is 0 Å². The summed E-state index contributed by atoms with van der Waals surface area (Å²) in [6.45, 7) is -0.251. The van der Waals surface area contributed by atoms with E-state index in [-0.39, 0.29) is 17.5 Å². The van der Waals surface area contributed by atoms with E-state index in [9.17, 15) is 14.0 Å². The average Bonchev–Trinajstić information content (AvgIpc) is 3.09. The lowest BCUT2D eigenvalue weighted by molar-refractivity contribution is -0.118. The van der Waals surface area contributed by atoms with Crippen LogP contribution >= 0.6 is 47.2 Å². The number of thiocarbonyl (C=S) groups is 1. The standard InChI is InChI=1S/C24H15Cl2FN2O3S2/c25-18-5-2-6-19(22(18)26)28-21(30)13-32-17-4-1-3-14(11-17)12-20-23(31)29(24(33)34-20)16-9-7-15(27)8-10-16/h1-12H,13H2,(H,28,30)/b20-12-. The number of nitrogens with one attached hydrogen (secondary N) is 1. The van der Waals surface area contributed by atoms with E-state index in [1.54, 1.807) is 48.5 Å². The van der Waals surface area contributed by atoms with Gasteiger partial charge in [0.2, 0.25) is 0 Å². The third-order valence-corrected chi connectivity index (χ3v) is 6.75. The fourth-order valence-corrected chi connectivity index (χ4v) is 4.71. The highest BCUT2D eigenvalue weighted by atomic mass is 35.5. The Bertz CT molecular complexity index is 1320. The van der Waals surface area contributed by atoms with Crippen molar-refractivity contribution < 1.29 is 18.7 Å². The van der Waals surface area contributed by atoms with E-state index >= 15 is 0 Å². The zero-order valence-electron chi connectivity index (χ0n) is 17.3. The van der Waals surface area contributed by atoms with Crippen LogP contribution in [-0.2, 0) is 9.59 Å². The third kappa shape index (κ3) is 5.59. The lowest BCUT2D eigenvalue weighted by Crippen LogP contribution is -2.27. The van der Waals surface area contributed by atoms with Gasteiger partial charge in [-0.25, -0.2) is 4.39 Å². The molecule has 3 aromatic carbocycles. The van der Waals surface area contributed by atoms with Gasteiger partial charge in [-0.1, -0.05) is 65.4 Å². The molecule has 1 fully saturated rings. The highest BCUT2D eigenvalue weighted by molar-refractivity contribution is 8.27. The summed E-state index contributed by atoms with van der Waals surface area (Å²) in [4.78, 5) is 26.9. The van der Waals surface area contributed by atoms with Crippen molar-refractivity contribution in [2.75, 3.05) is 16.8 Å². The summed E-state index contributed by atoms with van der Waals surface area (Å²) in [6, 6.07) is 17.4. The number of amides is 2. The summed E-state index contributed by atoms with van der Waals surface area (Å²) >= 11 is 18.5. The van der Waals surface area contributed by atoms with Crippen molar-refractivity contribution in [3.8, 4) is 5.75 Å². The number of thioether (sulfide) groups is 1. The topological polar surface area (TPSA) is 58.6 Å². The molecule has 0 aliphatic carbocycles. The Kier molecular flexibility index (Phi) is 7.53.